The van der Waals surface area contributed by atoms with Gasteiger partial charge >= 0.3 is 6.18 Å². The van der Waals surface area contributed by atoms with E-state index in [9.17, 15) is 13.2 Å². The van der Waals surface area contributed by atoms with Gasteiger partial charge in [-0.05, 0) is 18.1 Å². The molecule has 0 radical (unpaired) electrons. The minimum Gasteiger partial charge on any atom is -0.314 e. The van der Waals surface area contributed by atoms with Crippen molar-refractivity contribution in [2.45, 2.75) is 44.8 Å². The van der Waals surface area contributed by atoms with Crippen molar-refractivity contribution in [2.75, 3.05) is 26.2 Å². The van der Waals surface area contributed by atoms with Crippen molar-refractivity contribution in [3.63, 3.8) is 0 Å². The number of unbranched alkanes of at least 4 members (excludes halogenated alkanes) is 2. The van der Waals surface area contributed by atoms with Crippen LogP contribution in [0, 0.1) is 0 Å². The highest BCUT2D eigenvalue weighted by atomic mass is 35.5. The van der Waals surface area contributed by atoms with E-state index < -0.39 is 11.7 Å². The zero-order valence-electron chi connectivity index (χ0n) is 13.4. The fourth-order valence-electron chi connectivity index (χ4n) is 3.14. The minimum absolute atomic E-state index is 0.0431. The van der Waals surface area contributed by atoms with Crippen LogP contribution in [0.2, 0.25) is 5.02 Å². The Morgan fingerprint density at radius 3 is 2.52 bits per heavy atom. The predicted octanol–water partition coefficient (Wildman–Crippen LogP) is 4.89. The number of benzene rings is 1. The van der Waals surface area contributed by atoms with Gasteiger partial charge in [0.1, 0.15) is 0 Å². The van der Waals surface area contributed by atoms with Gasteiger partial charge in [-0.3, -0.25) is 4.90 Å². The Morgan fingerprint density at radius 1 is 1.22 bits per heavy atom. The number of piperazine rings is 1. The number of rotatable bonds is 6. The molecule has 1 aliphatic rings. The molecule has 0 unspecified atom stereocenters. The smallest absolute Gasteiger partial charge is 0.314 e. The van der Waals surface area contributed by atoms with Crippen molar-refractivity contribution in [3.05, 3.63) is 34.3 Å². The van der Waals surface area contributed by atoms with E-state index in [0.29, 0.717) is 5.56 Å². The molecular weight excluding hydrogens is 325 g/mol. The van der Waals surface area contributed by atoms with Crippen LogP contribution in [0.3, 0.4) is 0 Å². The topological polar surface area (TPSA) is 15.3 Å². The van der Waals surface area contributed by atoms with Crippen molar-refractivity contribution in [1.29, 1.82) is 0 Å². The molecule has 0 amide bonds. The second-order valence-electron chi connectivity index (χ2n) is 6.00. The Kier molecular flexibility index (Phi) is 6.74. The van der Waals surface area contributed by atoms with E-state index in [2.05, 4.69) is 17.1 Å². The van der Waals surface area contributed by atoms with E-state index >= 15 is 0 Å². The standard InChI is InChI=1S/C17H24ClF3N2/c1-2-3-4-8-15(23-11-9-22-10-12-23)13-6-5-7-14(16(13)18)17(19,20)21/h5-7,15,22H,2-4,8-12H2,1H3/t15-/m0/s1. The molecule has 1 N–H and O–H groups in total. The second-order valence-corrected chi connectivity index (χ2v) is 6.38. The number of halogens is 4. The van der Waals surface area contributed by atoms with Gasteiger partial charge in [-0.15, -0.1) is 0 Å². The summed E-state index contributed by atoms with van der Waals surface area (Å²) in [5.41, 5.74) is -0.119. The Morgan fingerprint density at radius 2 is 1.91 bits per heavy atom. The van der Waals surface area contributed by atoms with Crippen molar-refractivity contribution < 1.29 is 13.2 Å². The highest BCUT2D eigenvalue weighted by Gasteiger charge is 2.35. The van der Waals surface area contributed by atoms with Crippen molar-refractivity contribution in [3.8, 4) is 0 Å². The highest BCUT2D eigenvalue weighted by Crippen LogP contribution is 2.40. The van der Waals surface area contributed by atoms with E-state index in [4.69, 9.17) is 11.6 Å². The summed E-state index contributed by atoms with van der Waals surface area (Å²) in [4.78, 5) is 2.26. The number of nitrogens with one attached hydrogen (secondary N) is 1. The van der Waals surface area contributed by atoms with E-state index in [0.717, 1.165) is 57.9 Å². The van der Waals surface area contributed by atoms with Crippen LogP contribution in [0.4, 0.5) is 13.2 Å². The first-order valence-electron chi connectivity index (χ1n) is 8.25. The van der Waals surface area contributed by atoms with Crippen molar-refractivity contribution in [2.24, 2.45) is 0 Å². The molecule has 1 saturated heterocycles. The summed E-state index contributed by atoms with van der Waals surface area (Å²) >= 11 is 6.16. The van der Waals surface area contributed by atoms with Crippen molar-refractivity contribution in [1.82, 2.24) is 10.2 Å². The largest absolute Gasteiger partial charge is 0.417 e. The monoisotopic (exact) mass is 348 g/mol. The van der Waals surface area contributed by atoms with Crippen LogP contribution in [0.15, 0.2) is 18.2 Å². The quantitative estimate of drug-likeness (QED) is 0.737. The van der Waals surface area contributed by atoms with Gasteiger partial charge in [0.05, 0.1) is 10.6 Å². The molecule has 0 aliphatic carbocycles. The number of nitrogens with zero attached hydrogens (tertiary/aromatic N) is 1. The summed E-state index contributed by atoms with van der Waals surface area (Å²) in [5, 5.41) is 3.15. The number of alkyl halides is 3. The molecule has 23 heavy (non-hydrogen) atoms. The van der Waals surface area contributed by atoms with Crippen molar-refractivity contribution >= 4 is 11.6 Å². The van der Waals surface area contributed by atoms with Gasteiger partial charge in [0.25, 0.3) is 0 Å². The summed E-state index contributed by atoms with van der Waals surface area (Å²) in [6.45, 7) is 5.52. The molecule has 1 aliphatic heterocycles. The molecule has 1 fully saturated rings. The number of hydrogen-bond donors (Lipinski definition) is 1. The van der Waals surface area contributed by atoms with Gasteiger partial charge in [0.2, 0.25) is 0 Å². The van der Waals surface area contributed by atoms with Gasteiger partial charge in [0, 0.05) is 32.2 Å². The SMILES string of the molecule is CCCCC[C@@H](c1cccc(C(F)(F)F)c1Cl)N1CCNCC1. The maximum atomic E-state index is 13.1. The van der Waals surface area contributed by atoms with E-state index in [1.807, 2.05) is 0 Å². The van der Waals surface area contributed by atoms with Crippen LogP contribution in [-0.2, 0) is 6.18 Å². The highest BCUT2D eigenvalue weighted by molar-refractivity contribution is 6.32. The van der Waals surface area contributed by atoms with Crippen LogP contribution in [0.25, 0.3) is 0 Å². The summed E-state index contributed by atoms with van der Waals surface area (Å²) in [6, 6.07) is 4.24. The second kappa shape index (κ2) is 8.36. The van der Waals surface area contributed by atoms with Gasteiger partial charge in [-0.25, -0.2) is 0 Å². The maximum Gasteiger partial charge on any atom is 0.417 e. The fraction of sp³-hybridized carbons (Fsp3) is 0.647. The summed E-state index contributed by atoms with van der Waals surface area (Å²) in [7, 11) is 0. The van der Waals surface area contributed by atoms with E-state index in [1.165, 1.54) is 6.07 Å². The molecule has 6 heteroatoms. The molecule has 0 spiro atoms. The zero-order chi connectivity index (χ0) is 16.9. The molecule has 2 rings (SSSR count). The Balaban J connectivity index is 2.30. The lowest BCUT2D eigenvalue weighted by molar-refractivity contribution is -0.137. The molecule has 1 aromatic carbocycles. The molecule has 1 atom stereocenters. The third kappa shape index (κ3) is 4.85. The summed E-state index contributed by atoms with van der Waals surface area (Å²) in [5.74, 6) is 0. The molecule has 0 bridgehead atoms. The van der Waals surface area contributed by atoms with Crippen LogP contribution in [0.1, 0.15) is 49.8 Å². The third-order valence-corrected chi connectivity index (χ3v) is 4.79. The van der Waals surface area contributed by atoms with Crippen LogP contribution in [0.5, 0.6) is 0 Å². The average molecular weight is 349 g/mol. The zero-order valence-corrected chi connectivity index (χ0v) is 14.2. The summed E-state index contributed by atoms with van der Waals surface area (Å²) < 4.78 is 39.4. The molecule has 130 valence electrons. The maximum absolute atomic E-state index is 13.1. The molecular formula is C17H24ClF3N2. The molecule has 0 saturated carbocycles. The lowest BCUT2D eigenvalue weighted by atomic mass is 9.96. The van der Waals surface area contributed by atoms with Crippen LogP contribution in [-0.4, -0.2) is 31.1 Å². The van der Waals surface area contributed by atoms with Gasteiger partial charge in [-0.2, -0.15) is 13.2 Å². The lowest BCUT2D eigenvalue weighted by Gasteiger charge is -2.36. The molecule has 1 heterocycles. The first kappa shape index (κ1) is 18.6. The van der Waals surface area contributed by atoms with Gasteiger partial charge < -0.3 is 5.32 Å². The predicted molar refractivity (Wildman–Crippen MR) is 87.8 cm³/mol. The van der Waals surface area contributed by atoms with E-state index in [1.54, 1.807) is 6.07 Å². The minimum atomic E-state index is -4.41. The molecule has 2 nitrogen and oxygen atoms in total. The van der Waals surface area contributed by atoms with E-state index in [-0.39, 0.29) is 11.1 Å². The van der Waals surface area contributed by atoms with Gasteiger partial charge in [-0.1, -0.05) is 49.9 Å². The first-order chi connectivity index (χ1) is 10.9. The third-order valence-electron chi connectivity index (χ3n) is 4.37. The Bertz CT molecular complexity index is 499. The van der Waals surface area contributed by atoms with Crippen LogP contribution >= 0.6 is 11.6 Å². The van der Waals surface area contributed by atoms with Gasteiger partial charge in [0.15, 0.2) is 0 Å². The Labute approximate surface area is 141 Å². The average Bonchev–Trinajstić information content (AvgIpc) is 2.52. The molecule has 0 aromatic heterocycles. The normalized spacial score (nSPS) is 18.1. The fourth-order valence-corrected chi connectivity index (χ4v) is 3.50. The number of hydrogen-bond acceptors (Lipinski definition) is 2. The van der Waals surface area contributed by atoms with Crippen LogP contribution < -0.4 is 5.32 Å². The Hall–Kier alpha value is -0.780. The lowest BCUT2D eigenvalue weighted by Crippen LogP contribution is -2.45. The molecule has 1 aromatic rings. The first-order valence-corrected chi connectivity index (χ1v) is 8.63. The summed E-state index contributed by atoms with van der Waals surface area (Å²) in [6.07, 6.45) is -0.402.